The quantitative estimate of drug-likeness (QED) is 0.270. The first-order chi connectivity index (χ1) is 13.6. The number of hydrogen-bond acceptors (Lipinski definition) is 5. The molecule has 1 N–H and O–H groups in total. The first-order valence-electron chi connectivity index (χ1n) is 10.4. The monoisotopic (exact) mass is 403 g/mol. The number of hydrogen-bond donors (Lipinski definition) is 1. The van der Waals surface area contributed by atoms with E-state index in [1.165, 1.54) is 38.5 Å². The first-order valence-corrected chi connectivity index (χ1v) is 11.5. The Balaban J connectivity index is 2.12. The molecule has 0 unspecified atom stereocenters. The van der Waals surface area contributed by atoms with Gasteiger partial charge in [-0.15, -0.1) is 0 Å². The van der Waals surface area contributed by atoms with Crippen molar-refractivity contribution in [3.8, 4) is 0 Å². The lowest BCUT2D eigenvalue weighted by Gasteiger charge is -2.31. The highest BCUT2D eigenvalue weighted by molar-refractivity contribution is 7.96. The third-order valence-electron chi connectivity index (χ3n) is 5.72. The van der Waals surface area contributed by atoms with Gasteiger partial charge in [0.1, 0.15) is 5.84 Å². The second kappa shape index (κ2) is 12.2. The molecule has 2 fully saturated rings. The summed E-state index contributed by atoms with van der Waals surface area (Å²) in [4.78, 5) is 11.4. The van der Waals surface area contributed by atoms with Crippen LogP contribution in [0.15, 0.2) is 46.1 Å². The largest absolute Gasteiger partial charge is 0.356 e. The predicted molar refractivity (Wildman–Crippen MR) is 125 cm³/mol. The predicted octanol–water partition coefficient (Wildman–Crippen LogP) is 4.27. The molecule has 0 bridgehead atoms. The molecule has 0 aromatic heterocycles. The lowest BCUT2D eigenvalue weighted by Crippen LogP contribution is -2.41. The number of amidine groups is 1. The van der Waals surface area contributed by atoms with Crippen molar-refractivity contribution in [1.82, 2.24) is 14.5 Å². The number of rotatable bonds is 9. The summed E-state index contributed by atoms with van der Waals surface area (Å²) in [5.74, 6) is 0.995. The highest BCUT2D eigenvalue weighted by Crippen LogP contribution is 2.24. The van der Waals surface area contributed by atoms with Crippen LogP contribution in [-0.2, 0) is 0 Å². The van der Waals surface area contributed by atoms with Crippen LogP contribution in [-0.4, -0.2) is 66.9 Å². The molecule has 1 saturated heterocycles. The minimum Gasteiger partial charge on any atom is -0.356 e. The Labute approximate surface area is 175 Å². The van der Waals surface area contributed by atoms with Gasteiger partial charge in [-0.2, -0.15) is 0 Å². The fourth-order valence-electron chi connectivity index (χ4n) is 3.93. The van der Waals surface area contributed by atoms with Crippen LogP contribution >= 0.6 is 11.9 Å². The van der Waals surface area contributed by atoms with E-state index in [0.717, 1.165) is 30.1 Å². The summed E-state index contributed by atoms with van der Waals surface area (Å²) in [5.41, 5.74) is 2.10. The topological polar surface area (TPSA) is 43.2 Å². The zero-order chi connectivity index (χ0) is 20.4. The van der Waals surface area contributed by atoms with Crippen molar-refractivity contribution in [1.29, 1.82) is 0 Å². The molecule has 0 aromatic carbocycles. The summed E-state index contributed by atoms with van der Waals surface area (Å²) in [6.07, 6.45) is 15.4. The zero-order valence-electron chi connectivity index (χ0n) is 17.9. The van der Waals surface area contributed by atoms with Gasteiger partial charge in [-0.25, -0.2) is 0 Å². The maximum absolute atomic E-state index is 4.99. The second-order valence-corrected chi connectivity index (χ2v) is 8.52. The molecule has 5 nitrogen and oxygen atoms in total. The molecule has 0 spiro atoms. The van der Waals surface area contributed by atoms with Crippen molar-refractivity contribution < 1.29 is 0 Å². The second-order valence-electron chi connectivity index (χ2n) is 7.64. The summed E-state index contributed by atoms with van der Waals surface area (Å²) in [5, 5.41) is 3.64. The zero-order valence-corrected chi connectivity index (χ0v) is 18.7. The van der Waals surface area contributed by atoms with Gasteiger partial charge in [-0.05, 0) is 51.7 Å². The maximum atomic E-state index is 4.99. The SMILES string of the molecule is C=C\C(C)=C/C(=C/N=C)C(=N\CNC1CCN(SC)CC1)/N(C)C1CCCC1. The number of nitrogens with zero attached hydrogens (tertiary/aromatic N) is 4. The lowest BCUT2D eigenvalue weighted by molar-refractivity contribution is 0.310. The van der Waals surface area contributed by atoms with Crippen LogP contribution in [0, 0.1) is 0 Å². The fourth-order valence-corrected chi connectivity index (χ4v) is 4.50. The van der Waals surface area contributed by atoms with E-state index in [4.69, 9.17) is 4.99 Å². The van der Waals surface area contributed by atoms with E-state index in [2.05, 4.69) is 59.1 Å². The number of likely N-dealkylation sites (N-methyl/N-ethyl adjacent to an activating group) is 1. The molecule has 28 heavy (non-hydrogen) atoms. The van der Waals surface area contributed by atoms with Crippen molar-refractivity contribution in [2.24, 2.45) is 9.98 Å². The van der Waals surface area contributed by atoms with Crippen LogP contribution < -0.4 is 5.32 Å². The Morgan fingerprint density at radius 1 is 1.25 bits per heavy atom. The Hall–Kier alpha value is -1.37. The van der Waals surface area contributed by atoms with E-state index in [1.54, 1.807) is 0 Å². The van der Waals surface area contributed by atoms with Gasteiger partial charge in [0.2, 0.25) is 0 Å². The van der Waals surface area contributed by atoms with Crippen LogP contribution in [0.4, 0.5) is 0 Å². The van der Waals surface area contributed by atoms with Crippen LogP contribution in [0.3, 0.4) is 0 Å². The van der Waals surface area contributed by atoms with E-state index < -0.39 is 0 Å². The van der Waals surface area contributed by atoms with Crippen LogP contribution in [0.25, 0.3) is 0 Å². The van der Waals surface area contributed by atoms with Gasteiger partial charge in [-0.1, -0.05) is 43.0 Å². The Bertz CT molecular complexity index is 596. The average Bonchev–Trinajstić information content (AvgIpc) is 3.26. The molecule has 1 aliphatic carbocycles. The smallest absolute Gasteiger partial charge is 0.133 e. The minimum absolute atomic E-state index is 0.542. The highest BCUT2D eigenvalue weighted by Gasteiger charge is 2.24. The molecule has 6 heteroatoms. The fraction of sp³-hybridized carbons (Fsp3) is 0.636. The van der Waals surface area contributed by atoms with E-state index in [-0.39, 0.29) is 0 Å². The summed E-state index contributed by atoms with van der Waals surface area (Å²) in [7, 11) is 2.17. The maximum Gasteiger partial charge on any atom is 0.133 e. The van der Waals surface area contributed by atoms with Crippen molar-refractivity contribution in [2.45, 2.75) is 57.5 Å². The molecule has 0 atom stereocenters. The molecule has 1 saturated carbocycles. The molecule has 2 aliphatic rings. The molecule has 2 rings (SSSR count). The molecular weight excluding hydrogens is 366 g/mol. The summed E-state index contributed by atoms with van der Waals surface area (Å²) >= 11 is 1.84. The van der Waals surface area contributed by atoms with Crippen molar-refractivity contribution in [2.75, 3.05) is 33.1 Å². The summed E-state index contributed by atoms with van der Waals surface area (Å²) in [6, 6.07) is 1.09. The van der Waals surface area contributed by atoms with E-state index in [0.29, 0.717) is 18.8 Å². The van der Waals surface area contributed by atoms with Gasteiger partial charge >= 0.3 is 0 Å². The summed E-state index contributed by atoms with van der Waals surface area (Å²) < 4.78 is 2.43. The molecular formula is C22H37N5S. The number of allylic oxidation sites excluding steroid dienone is 2. The normalized spacial score (nSPS) is 21.2. The third-order valence-corrected chi connectivity index (χ3v) is 6.60. The average molecular weight is 404 g/mol. The van der Waals surface area contributed by atoms with Crippen LogP contribution in [0.1, 0.15) is 45.4 Å². The van der Waals surface area contributed by atoms with Crippen molar-refractivity contribution in [3.05, 3.63) is 36.1 Å². The lowest BCUT2D eigenvalue weighted by atomic mass is 10.1. The van der Waals surface area contributed by atoms with Gasteiger partial charge in [-0.3, -0.25) is 19.6 Å². The van der Waals surface area contributed by atoms with E-state index >= 15 is 0 Å². The van der Waals surface area contributed by atoms with E-state index in [9.17, 15) is 0 Å². The van der Waals surface area contributed by atoms with Gasteiger partial charge < -0.3 is 4.90 Å². The summed E-state index contributed by atoms with van der Waals surface area (Å²) in [6.45, 7) is 12.5. The molecule has 0 amide bonds. The van der Waals surface area contributed by atoms with Crippen LogP contribution in [0.5, 0.6) is 0 Å². The van der Waals surface area contributed by atoms with Gasteiger partial charge in [0.25, 0.3) is 0 Å². The van der Waals surface area contributed by atoms with Crippen molar-refractivity contribution >= 4 is 24.5 Å². The standard InChI is InChI=1S/C22H37N5S/c1-6-18(2)15-19(16-23-3)22(26(4)21-9-7-8-10-21)25-17-24-20-11-13-27(28-5)14-12-20/h6,15-16,20-21,24H,1,3,7-14,17H2,2,4-5H3/b18-15-,19-16-,25-22+. The molecule has 156 valence electrons. The van der Waals surface area contributed by atoms with Gasteiger partial charge in [0, 0.05) is 44.0 Å². The highest BCUT2D eigenvalue weighted by atomic mass is 32.2. The molecule has 0 radical (unpaired) electrons. The minimum atomic E-state index is 0.542. The van der Waals surface area contributed by atoms with Crippen molar-refractivity contribution in [3.63, 3.8) is 0 Å². The Morgan fingerprint density at radius 2 is 1.93 bits per heavy atom. The van der Waals surface area contributed by atoms with Gasteiger partial charge in [0.05, 0.1) is 6.67 Å². The Kier molecular flexibility index (Phi) is 10.0. The van der Waals surface area contributed by atoms with E-state index in [1.807, 2.05) is 24.2 Å². The molecule has 1 heterocycles. The molecule has 1 aliphatic heterocycles. The third kappa shape index (κ3) is 6.90. The number of aliphatic imine (C=N–C) groups is 2. The van der Waals surface area contributed by atoms with Crippen LogP contribution in [0.2, 0.25) is 0 Å². The number of piperidine rings is 1. The Morgan fingerprint density at radius 3 is 2.50 bits per heavy atom. The first kappa shape index (κ1) is 22.9. The number of nitrogens with one attached hydrogen (secondary N) is 1. The molecule has 0 aromatic rings. The van der Waals surface area contributed by atoms with Gasteiger partial charge in [0.15, 0.2) is 0 Å².